The van der Waals surface area contributed by atoms with Gasteiger partial charge in [-0.15, -0.1) is 0 Å². The van der Waals surface area contributed by atoms with Crippen LogP contribution in [0.15, 0.2) is 103 Å². The van der Waals surface area contributed by atoms with Gasteiger partial charge in [-0.1, -0.05) is 92.0 Å². The largest absolute Gasteiger partial charge is 0.372 e. The summed E-state index contributed by atoms with van der Waals surface area (Å²) in [6.45, 7) is 7.41. The number of nitriles is 2. The van der Waals surface area contributed by atoms with Gasteiger partial charge in [0.2, 0.25) is 11.4 Å². The minimum atomic E-state index is 0.354. The van der Waals surface area contributed by atoms with Crippen molar-refractivity contribution in [1.29, 1.82) is 10.5 Å². The summed E-state index contributed by atoms with van der Waals surface area (Å²) in [5.41, 5.74) is 9.85. The summed E-state index contributed by atoms with van der Waals surface area (Å²) in [5, 5.41) is 19.7. The van der Waals surface area contributed by atoms with E-state index in [2.05, 4.69) is 103 Å². The number of anilines is 2. The lowest BCUT2D eigenvalue weighted by Crippen LogP contribution is -2.66. The molecule has 4 aromatic carbocycles. The average Bonchev–Trinajstić information content (AvgIpc) is 3.12. The highest BCUT2D eigenvalue weighted by Crippen LogP contribution is 2.43. The van der Waals surface area contributed by atoms with Gasteiger partial charge in [0.25, 0.3) is 0 Å². The molecule has 49 heavy (non-hydrogen) atoms. The molecule has 1 aliphatic carbocycles. The lowest BCUT2D eigenvalue weighted by Gasteiger charge is -2.26. The number of nitrogens with one attached hydrogen (secondary N) is 1. The molecule has 248 valence electrons. The van der Waals surface area contributed by atoms with Crippen LogP contribution in [0.3, 0.4) is 0 Å². The molecule has 0 aliphatic heterocycles. The van der Waals surface area contributed by atoms with E-state index in [0.29, 0.717) is 36.0 Å². The first-order valence-corrected chi connectivity index (χ1v) is 17.8. The number of rotatable bonds is 14. The summed E-state index contributed by atoms with van der Waals surface area (Å²) < 4.78 is 0. The number of allylic oxidation sites excluding steroid dienone is 3. The van der Waals surface area contributed by atoms with Crippen LogP contribution in [0.5, 0.6) is 0 Å². The predicted octanol–water partition coefficient (Wildman–Crippen LogP) is 9.37. The molecule has 7 heteroatoms. The lowest BCUT2D eigenvalue weighted by molar-refractivity contribution is -0.351. The molecule has 0 aromatic heterocycles. The maximum atomic E-state index is 9.26. The Morgan fingerprint density at radius 1 is 0.653 bits per heavy atom. The SMILES string of the molecule is CCCCN(CCC)c1ccc(C(=C2C=CC(=[NH+]c3ccccc3)c3ccccc32)c2ccc(N(CCC#N)CCC#N)cc2Cl)c(Cl)c1. The van der Waals surface area contributed by atoms with Gasteiger partial charge < -0.3 is 9.80 Å². The Balaban J connectivity index is 1.70. The topological polar surface area (TPSA) is 68.0 Å². The van der Waals surface area contributed by atoms with Crippen molar-refractivity contribution in [2.75, 3.05) is 36.0 Å². The molecule has 1 N–H and O–H groups in total. The molecule has 0 spiro atoms. The van der Waals surface area contributed by atoms with E-state index >= 15 is 0 Å². The monoisotopic (exact) mass is 686 g/mol. The third kappa shape index (κ3) is 8.62. The first-order valence-electron chi connectivity index (χ1n) is 17.0. The number of unbranched alkanes of at least 4 members (excludes halogenated alkanes) is 1. The normalized spacial score (nSPS) is 13.8. The molecular formula is C42H42Cl2N5+. The van der Waals surface area contributed by atoms with Crippen LogP contribution in [-0.2, 0) is 0 Å². The number of halogens is 2. The highest BCUT2D eigenvalue weighted by Gasteiger charge is 2.25. The fraction of sp³-hybridized carbons (Fsp3) is 0.262. The van der Waals surface area contributed by atoms with E-state index in [0.717, 1.165) is 88.5 Å². The zero-order chi connectivity index (χ0) is 34.6. The molecule has 5 rings (SSSR count). The maximum absolute atomic E-state index is 9.26. The number of benzene rings is 4. The number of hydrogen-bond donors (Lipinski definition) is 1. The summed E-state index contributed by atoms with van der Waals surface area (Å²) in [5.74, 6) is 0. The third-order valence-electron chi connectivity index (χ3n) is 8.68. The Hall–Kier alpha value is -4.81. The van der Waals surface area contributed by atoms with Crippen LogP contribution in [0.25, 0.3) is 11.1 Å². The summed E-state index contributed by atoms with van der Waals surface area (Å²) >= 11 is 14.5. The lowest BCUT2D eigenvalue weighted by atomic mass is 9.83. The zero-order valence-corrected chi connectivity index (χ0v) is 29.7. The fourth-order valence-electron chi connectivity index (χ4n) is 6.27. The smallest absolute Gasteiger partial charge is 0.211 e. The number of nitrogens with zero attached hydrogens (tertiary/aromatic N) is 4. The van der Waals surface area contributed by atoms with Crippen LogP contribution in [0.4, 0.5) is 17.1 Å². The Kier molecular flexibility index (Phi) is 12.7. The summed E-state index contributed by atoms with van der Waals surface area (Å²) in [6, 6.07) is 35.4. The Morgan fingerprint density at radius 2 is 1.22 bits per heavy atom. The minimum absolute atomic E-state index is 0.354. The van der Waals surface area contributed by atoms with Crippen LogP contribution in [-0.4, -0.2) is 31.9 Å². The summed E-state index contributed by atoms with van der Waals surface area (Å²) in [7, 11) is 0. The van der Waals surface area contributed by atoms with Crippen LogP contribution < -0.4 is 14.8 Å². The quantitative estimate of drug-likeness (QED) is 0.144. The van der Waals surface area contributed by atoms with Crippen LogP contribution in [0, 0.1) is 22.7 Å². The van der Waals surface area contributed by atoms with E-state index < -0.39 is 0 Å². The number of hydrogen-bond acceptors (Lipinski definition) is 4. The molecule has 4 aromatic rings. The number of fused-ring (bicyclic) bond motifs is 1. The molecule has 0 atom stereocenters. The second-order valence-corrected chi connectivity index (χ2v) is 12.9. The second-order valence-electron chi connectivity index (χ2n) is 12.0. The average molecular weight is 688 g/mol. The molecule has 0 radical (unpaired) electrons. The molecule has 0 bridgehead atoms. The summed E-state index contributed by atoms with van der Waals surface area (Å²) in [6.07, 6.45) is 8.28. The Morgan fingerprint density at radius 3 is 1.78 bits per heavy atom. The van der Waals surface area contributed by atoms with Crippen molar-refractivity contribution in [3.8, 4) is 12.1 Å². The van der Waals surface area contributed by atoms with E-state index in [4.69, 9.17) is 23.2 Å². The van der Waals surface area contributed by atoms with Crippen molar-refractivity contribution >= 4 is 57.1 Å². The van der Waals surface area contributed by atoms with E-state index in [-0.39, 0.29) is 0 Å². The third-order valence-corrected chi connectivity index (χ3v) is 9.31. The molecule has 0 unspecified atom stereocenters. The molecule has 0 amide bonds. The molecule has 5 nitrogen and oxygen atoms in total. The van der Waals surface area contributed by atoms with Crippen molar-refractivity contribution in [1.82, 2.24) is 0 Å². The van der Waals surface area contributed by atoms with E-state index in [1.807, 2.05) is 41.3 Å². The van der Waals surface area contributed by atoms with Gasteiger partial charge in [-0.25, -0.2) is 4.99 Å². The fourth-order valence-corrected chi connectivity index (χ4v) is 6.81. The van der Waals surface area contributed by atoms with Gasteiger partial charge in [-0.3, -0.25) is 0 Å². The van der Waals surface area contributed by atoms with E-state index in [9.17, 15) is 10.5 Å². The molecule has 0 saturated carbocycles. The number of para-hydroxylation sites is 1. The van der Waals surface area contributed by atoms with Gasteiger partial charge in [-0.05, 0) is 66.0 Å². The molecular weight excluding hydrogens is 645 g/mol. The predicted molar refractivity (Wildman–Crippen MR) is 206 cm³/mol. The highest BCUT2D eigenvalue weighted by molar-refractivity contribution is 6.36. The molecule has 1 aliphatic rings. The highest BCUT2D eigenvalue weighted by atomic mass is 35.5. The maximum Gasteiger partial charge on any atom is 0.211 e. The molecule has 0 heterocycles. The van der Waals surface area contributed by atoms with Gasteiger partial charge in [0, 0.05) is 66.9 Å². The Labute approximate surface area is 301 Å². The van der Waals surface area contributed by atoms with Gasteiger partial charge in [0.1, 0.15) is 0 Å². The first-order chi connectivity index (χ1) is 24.0. The van der Waals surface area contributed by atoms with E-state index in [1.54, 1.807) is 0 Å². The van der Waals surface area contributed by atoms with Crippen molar-refractivity contribution in [3.63, 3.8) is 0 Å². The van der Waals surface area contributed by atoms with Crippen molar-refractivity contribution in [2.24, 2.45) is 0 Å². The van der Waals surface area contributed by atoms with Crippen LogP contribution in [0.2, 0.25) is 10.0 Å². The standard InChI is InChI=1S/C42H41Cl2N5/c1-3-5-26-48(25-4-2)32-17-19-37(39(43)29-32)42(38-20-18-33(30-40(38)44)49(27-11-23-45)28-12-24-46)36-21-22-41(35-16-10-9-15-34(35)36)47-31-13-7-6-8-14-31/h6-10,13-22,29-30H,3-5,11-12,25-28H2,1-2H3/p+1. The van der Waals surface area contributed by atoms with Gasteiger partial charge in [0.05, 0.1) is 40.6 Å². The van der Waals surface area contributed by atoms with Gasteiger partial charge in [-0.2, -0.15) is 10.5 Å². The van der Waals surface area contributed by atoms with Gasteiger partial charge >= 0.3 is 0 Å². The van der Waals surface area contributed by atoms with Crippen LogP contribution in [0.1, 0.15) is 68.2 Å². The van der Waals surface area contributed by atoms with Crippen LogP contribution >= 0.6 is 23.2 Å². The van der Waals surface area contributed by atoms with Crippen molar-refractivity contribution in [3.05, 3.63) is 135 Å². The van der Waals surface area contributed by atoms with Crippen molar-refractivity contribution < 1.29 is 4.99 Å². The summed E-state index contributed by atoms with van der Waals surface area (Å²) in [4.78, 5) is 8.06. The zero-order valence-electron chi connectivity index (χ0n) is 28.2. The Bertz CT molecular complexity index is 1910. The van der Waals surface area contributed by atoms with E-state index in [1.165, 1.54) is 0 Å². The molecule has 0 saturated heterocycles. The second kappa shape index (κ2) is 17.5. The minimum Gasteiger partial charge on any atom is -0.372 e. The van der Waals surface area contributed by atoms with Crippen molar-refractivity contribution in [2.45, 2.75) is 46.0 Å². The molecule has 0 fully saturated rings. The van der Waals surface area contributed by atoms with Gasteiger partial charge in [0.15, 0.2) is 0 Å². The first kappa shape index (κ1) is 35.5.